The van der Waals surface area contributed by atoms with Gasteiger partial charge < -0.3 is 14.2 Å². The number of unbranched alkanes of at least 4 members (excludes halogenated alkanes) is 5. The number of rotatable bonds is 24. The molecule has 0 unspecified atom stereocenters. The van der Waals surface area contributed by atoms with E-state index in [1.165, 1.54) is 44.6 Å². The summed E-state index contributed by atoms with van der Waals surface area (Å²) in [5.74, 6) is 3.36. The summed E-state index contributed by atoms with van der Waals surface area (Å²) < 4.78 is 16.9. The maximum absolute atomic E-state index is 12.9. The summed E-state index contributed by atoms with van der Waals surface area (Å²) >= 11 is 0. The Balaban J connectivity index is 1.88. The van der Waals surface area contributed by atoms with E-state index in [2.05, 4.69) is 33.8 Å². The standard InChI is InChI=1S/C46H62O4/c1-38(2)26-21-17-15-16-19-23-30-43-44(49-6)36-41(29-25-27-39(3)4)37-45(43)50-46(47)31-24-20-14-12-10-8-7-9-11-13-18-22-28-40-32-34-42(48-5)35-33-40/h7-14,18,20,22,24,28,31-39H,15-17,19,21,23,25-27,29-30H2,1-6H3. The number of allylic oxidation sites excluding steroid dienone is 12. The fraction of sp³-hybridized carbons (Fsp3) is 0.413. The lowest BCUT2D eigenvalue weighted by Gasteiger charge is -2.16. The molecule has 270 valence electrons. The molecule has 2 rings (SSSR count). The van der Waals surface area contributed by atoms with Crippen LogP contribution >= 0.6 is 0 Å². The maximum atomic E-state index is 12.9. The average molecular weight is 679 g/mol. The van der Waals surface area contributed by atoms with Crippen molar-refractivity contribution in [3.63, 3.8) is 0 Å². The molecule has 0 heterocycles. The van der Waals surface area contributed by atoms with Gasteiger partial charge in [-0.2, -0.15) is 0 Å². The number of methoxy groups -OCH3 is 2. The van der Waals surface area contributed by atoms with E-state index in [1.54, 1.807) is 20.3 Å². The highest BCUT2D eigenvalue weighted by atomic mass is 16.5. The molecule has 2 aromatic carbocycles. The molecule has 0 aromatic heterocycles. The molecule has 0 N–H and O–H groups in total. The van der Waals surface area contributed by atoms with E-state index in [0.29, 0.717) is 11.7 Å². The second-order valence-corrected chi connectivity index (χ2v) is 13.5. The van der Waals surface area contributed by atoms with Gasteiger partial charge in [-0.3, -0.25) is 0 Å². The maximum Gasteiger partial charge on any atom is 0.336 e. The van der Waals surface area contributed by atoms with Crippen LogP contribution in [0.3, 0.4) is 0 Å². The van der Waals surface area contributed by atoms with Crippen molar-refractivity contribution in [2.45, 2.75) is 98.3 Å². The van der Waals surface area contributed by atoms with Crippen molar-refractivity contribution >= 4 is 12.0 Å². The zero-order valence-electron chi connectivity index (χ0n) is 31.6. The quantitative estimate of drug-likeness (QED) is 0.0364. The van der Waals surface area contributed by atoms with E-state index in [0.717, 1.165) is 66.2 Å². The van der Waals surface area contributed by atoms with Crippen molar-refractivity contribution in [2.24, 2.45) is 11.8 Å². The van der Waals surface area contributed by atoms with Crippen molar-refractivity contribution in [3.05, 3.63) is 132 Å². The van der Waals surface area contributed by atoms with Crippen molar-refractivity contribution in [1.82, 2.24) is 0 Å². The Bertz CT molecular complexity index is 1430. The molecule has 4 nitrogen and oxygen atoms in total. The highest BCUT2D eigenvalue weighted by Gasteiger charge is 2.15. The van der Waals surface area contributed by atoms with E-state index in [4.69, 9.17) is 14.2 Å². The molecule has 0 aliphatic rings. The lowest BCUT2D eigenvalue weighted by molar-refractivity contribution is -0.129. The normalized spacial score (nSPS) is 12.6. The molecule has 50 heavy (non-hydrogen) atoms. The first-order chi connectivity index (χ1) is 24.3. The van der Waals surface area contributed by atoms with Crippen molar-refractivity contribution < 1.29 is 19.0 Å². The van der Waals surface area contributed by atoms with E-state index in [9.17, 15) is 4.79 Å². The van der Waals surface area contributed by atoms with Crippen LogP contribution in [0.5, 0.6) is 17.2 Å². The van der Waals surface area contributed by atoms with Crippen LogP contribution in [0.15, 0.2) is 115 Å². The molecule has 4 heteroatoms. The highest BCUT2D eigenvalue weighted by Crippen LogP contribution is 2.33. The lowest BCUT2D eigenvalue weighted by Crippen LogP contribution is -2.08. The van der Waals surface area contributed by atoms with Crippen LogP contribution in [-0.2, 0) is 17.6 Å². The van der Waals surface area contributed by atoms with Gasteiger partial charge in [-0.1, -0.05) is 164 Å². The summed E-state index contributed by atoms with van der Waals surface area (Å²) in [6.07, 6.45) is 39.3. The molecule has 0 bridgehead atoms. The van der Waals surface area contributed by atoms with Crippen LogP contribution in [0.4, 0.5) is 0 Å². The van der Waals surface area contributed by atoms with Crippen molar-refractivity contribution in [1.29, 1.82) is 0 Å². The first kappa shape index (κ1) is 41.9. The van der Waals surface area contributed by atoms with Gasteiger partial charge in [0.05, 0.1) is 14.2 Å². The Morgan fingerprint density at radius 2 is 1.10 bits per heavy atom. The van der Waals surface area contributed by atoms with Crippen LogP contribution in [-0.4, -0.2) is 20.2 Å². The average Bonchev–Trinajstić information content (AvgIpc) is 3.10. The molecule has 0 atom stereocenters. The van der Waals surface area contributed by atoms with Crippen LogP contribution in [0.25, 0.3) is 6.08 Å². The van der Waals surface area contributed by atoms with E-state index in [1.807, 2.05) is 103 Å². The number of hydrogen-bond acceptors (Lipinski definition) is 4. The molecule has 0 saturated heterocycles. The second kappa shape index (κ2) is 26.5. The van der Waals surface area contributed by atoms with Gasteiger partial charge in [-0.25, -0.2) is 4.79 Å². The van der Waals surface area contributed by atoms with E-state index < -0.39 is 0 Å². The Morgan fingerprint density at radius 3 is 1.68 bits per heavy atom. The summed E-state index contributed by atoms with van der Waals surface area (Å²) in [4.78, 5) is 12.9. The summed E-state index contributed by atoms with van der Waals surface area (Å²) in [5, 5.41) is 0. The van der Waals surface area contributed by atoms with E-state index in [-0.39, 0.29) is 5.97 Å². The Hall–Kier alpha value is -4.31. The predicted octanol–water partition coefficient (Wildman–Crippen LogP) is 12.6. The third-order valence-corrected chi connectivity index (χ3v) is 8.22. The van der Waals surface area contributed by atoms with Crippen LogP contribution in [0.1, 0.15) is 102 Å². The largest absolute Gasteiger partial charge is 0.497 e. The van der Waals surface area contributed by atoms with Gasteiger partial charge in [0, 0.05) is 11.6 Å². The monoisotopic (exact) mass is 678 g/mol. The minimum Gasteiger partial charge on any atom is -0.497 e. The fourth-order valence-electron chi connectivity index (χ4n) is 5.41. The first-order valence-corrected chi connectivity index (χ1v) is 18.6. The lowest BCUT2D eigenvalue weighted by atomic mass is 9.97. The molecule has 0 fully saturated rings. The fourth-order valence-corrected chi connectivity index (χ4v) is 5.41. The number of hydrogen-bond donors (Lipinski definition) is 0. The van der Waals surface area contributed by atoms with E-state index >= 15 is 0 Å². The molecular weight excluding hydrogens is 617 g/mol. The topological polar surface area (TPSA) is 44.8 Å². The third kappa shape index (κ3) is 19.6. The van der Waals surface area contributed by atoms with Crippen LogP contribution in [0, 0.1) is 11.8 Å². The van der Waals surface area contributed by atoms with Crippen LogP contribution < -0.4 is 14.2 Å². The van der Waals surface area contributed by atoms with Crippen molar-refractivity contribution in [2.75, 3.05) is 14.2 Å². The number of esters is 1. The number of aryl methyl sites for hydroxylation is 1. The SMILES string of the molecule is COc1ccc(C=CC=CC=CC=CC=CC=CC=CC(=O)Oc2cc(CCCC(C)C)cc(OC)c2CCCCCCCCC(C)C)cc1. The third-order valence-electron chi connectivity index (χ3n) is 8.22. The molecule has 0 spiro atoms. The zero-order valence-corrected chi connectivity index (χ0v) is 31.6. The molecule has 2 aromatic rings. The van der Waals surface area contributed by atoms with Gasteiger partial charge in [0.1, 0.15) is 17.2 Å². The van der Waals surface area contributed by atoms with Gasteiger partial charge in [0.15, 0.2) is 0 Å². The molecule has 0 amide bonds. The second-order valence-electron chi connectivity index (χ2n) is 13.5. The summed E-state index contributed by atoms with van der Waals surface area (Å²) in [6, 6.07) is 12.1. The van der Waals surface area contributed by atoms with Crippen LogP contribution in [0.2, 0.25) is 0 Å². The van der Waals surface area contributed by atoms with Crippen molar-refractivity contribution in [3.8, 4) is 17.2 Å². The highest BCUT2D eigenvalue weighted by molar-refractivity contribution is 5.84. The number of benzene rings is 2. The van der Waals surface area contributed by atoms with Gasteiger partial charge >= 0.3 is 5.97 Å². The van der Waals surface area contributed by atoms with Gasteiger partial charge in [0.2, 0.25) is 0 Å². The summed E-state index contributed by atoms with van der Waals surface area (Å²) in [6.45, 7) is 9.08. The molecular formula is C46H62O4. The Labute approximate surface area is 304 Å². The van der Waals surface area contributed by atoms with Gasteiger partial charge in [-0.15, -0.1) is 0 Å². The first-order valence-electron chi connectivity index (χ1n) is 18.6. The number of carbonyl (C=O) groups excluding carboxylic acids is 1. The summed E-state index contributed by atoms with van der Waals surface area (Å²) in [7, 11) is 3.38. The predicted molar refractivity (Wildman–Crippen MR) is 214 cm³/mol. The van der Waals surface area contributed by atoms with Gasteiger partial charge in [0.25, 0.3) is 0 Å². The molecule has 0 saturated carbocycles. The van der Waals surface area contributed by atoms with Gasteiger partial charge in [-0.05, 0) is 72.9 Å². The molecule has 0 radical (unpaired) electrons. The Kier molecular flexibility index (Phi) is 22.2. The minimum absolute atomic E-state index is 0.386. The number of carbonyl (C=O) groups is 1. The minimum atomic E-state index is -0.386. The summed E-state index contributed by atoms with van der Waals surface area (Å²) in [5.41, 5.74) is 3.26. The smallest absolute Gasteiger partial charge is 0.336 e. The number of ether oxygens (including phenoxy) is 3. The molecule has 0 aliphatic heterocycles. The zero-order chi connectivity index (χ0) is 36.2. The molecule has 0 aliphatic carbocycles. The Morgan fingerprint density at radius 1 is 0.580 bits per heavy atom.